The number of carboxylic acids is 1. The second kappa shape index (κ2) is 35.8. The summed E-state index contributed by atoms with van der Waals surface area (Å²) in [5.74, 6) is -11.8. The summed E-state index contributed by atoms with van der Waals surface area (Å²) in [5, 5.41) is 59.9. The van der Waals surface area contributed by atoms with E-state index in [0.717, 1.165) is 0 Å². The number of aliphatic hydroxyl groups excluding tert-OH is 1. The molecular weight excluding hydrogens is 1140 g/mol. The Labute approximate surface area is 502 Å². The maximum atomic E-state index is 14.7. The summed E-state index contributed by atoms with van der Waals surface area (Å²) in [6, 6.07) is -1.79. The van der Waals surface area contributed by atoms with Gasteiger partial charge in [0, 0.05) is 32.5 Å². The highest BCUT2D eigenvalue weighted by molar-refractivity contribution is 5.99. The van der Waals surface area contributed by atoms with Crippen molar-refractivity contribution >= 4 is 77.0 Å². The fraction of sp³-hybridized carbons (Fsp3) is 0.545. The van der Waals surface area contributed by atoms with Crippen molar-refractivity contribution in [2.24, 2.45) is 56.2 Å². The molecule has 32 nitrogen and oxygen atoms in total. The minimum atomic E-state index is -1.76. The average Bonchev–Trinajstić information content (AvgIpc) is 2.83. The third-order valence-corrected chi connectivity index (χ3v) is 13.6. The molecular formula is C55H85N17O15. The van der Waals surface area contributed by atoms with Gasteiger partial charge in [-0.3, -0.25) is 57.9 Å². The van der Waals surface area contributed by atoms with Crippen LogP contribution in [0.5, 0.6) is 11.5 Å². The first kappa shape index (κ1) is 71.9. The molecule has 1 aliphatic rings. The first-order valence-electron chi connectivity index (χ1n) is 28.2. The lowest BCUT2D eigenvalue weighted by atomic mass is 10.0. The highest BCUT2D eigenvalue weighted by Gasteiger charge is 2.40. The highest BCUT2D eigenvalue weighted by Crippen LogP contribution is 2.21. The van der Waals surface area contributed by atoms with Crippen LogP contribution in [-0.4, -0.2) is 189 Å². The second-order valence-corrected chi connectivity index (χ2v) is 21.6. The zero-order valence-electron chi connectivity index (χ0n) is 49.2. The standard InChI is InChI=1S/C55H85N17O15/c1-28(2)22-39(53(86)87)65-43(77)26-64-50(83)41-10-7-21-72(41)52(85)36(9-6-20-63-55(60)61)67-47(80)38(24-31-13-17-33(75)18-14-31)69-46(79)35(8-5-19-62-54(58)59)66-51(84)44(29(3)4)71-49(82)40(27-73)70-48(81)37(23-30-11-15-32(74)16-12-30)68-45(78)34(56)25-42(57)76/h11-18,28-29,34-41,44,73-75H,5-10,19-27,56H2,1-4H3,(H2,57,76)(H,64,83)(H,65,77)(H,66,84)(H,67,80)(H,68,78)(H,69,79)(H,70,81)(H,71,82)(H,86,87)(H4,58,59,62)(H4,60,61,63)/t34-,35-,36-,37-,38-,39-,40-,41-,44-/m0/s1. The topological polar surface area (TPSA) is 549 Å². The van der Waals surface area contributed by atoms with Crippen molar-refractivity contribution in [3.8, 4) is 11.5 Å². The summed E-state index contributed by atoms with van der Waals surface area (Å²) in [6.07, 6.45) is -0.541. The number of nitrogens with two attached hydrogens (primary N) is 6. The van der Waals surface area contributed by atoms with E-state index in [2.05, 4.69) is 52.5 Å². The molecule has 1 fully saturated rings. The quantitative estimate of drug-likeness (QED) is 0.0172. The summed E-state index contributed by atoms with van der Waals surface area (Å²) >= 11 is 0. The van der Waals surface area contributed by atoms with Crippen LogP contribution in [-0.2, 0) is 65.6 Å². The predicted octanol–water partition coefficient (Wildman–Crippen LogP) is -5.53. The molecule has 0 aromatic heterocycles. The lowest BCUT2D eigenvalue weighted by Gasteiger charge is -2.30. The van der Waals surface area contributed by atoms with Gasteiger partial charge in [0.25, 0.3) is 0 Å². The molecule has 24 N–H and O–H groups in total. The number of nitrogens with zero attached hydrogens (tertiary/aromatic N) is 3. The number of carbonyl (C=O) groups excluding carboxylic acids is 10. The van der Waals surface area contributed by atoms with Crippen LogP contribution in [0.25, 0.3) is 0 Å². The number of aliphatic imine (C=N–C) groups is 2. The Morgan fingerprint density at radius 1 is 0.598 bits per heavy atom. The molecule has 2 aromatic carbocycles. The second-order valence-electron chi connectivity index (χ2n) is 21.6. The number of guanidine groups is 2. The van der Waals surface area contributed by atoms with Crippen molar-refractivity contribution in [1.82, 2.24) is 47.4 Å². The van der Waals surface area contributed by atoms with E-state index >= 15 is 0 Å². The molecule has 9 atom stereocenters. The molecule has 1 saturated heterocycles. The number of aliphatic hydroxyl groups is 1. The minimum absolute atomic E-state index is 0.00968. The number of rotatable bonds is 36. The van der Waals surface area contributed by atoms with Gasteiger partial charge in [-0.15, -0.1) is 0 Å². The molecule has 1 heterocycles. The van der Waals surface area contributed by atoms with Crippen molar-refractivity contribution in [3.63, 3.8) is 0 Å². The predicted molar refractivity (Wildman–Crippen MR) is 316 cm³/mol. The fourth-order valence-corrected chi connectivity index (χ4v) is 9.06. The molecule has 10 amide bonds. The normalized spacial score (nSPS) is 15.5. The number of aromatic hydroxyl groups is 2. The maximum absolute atomic E-state index is 14.7. The van der Waals surface area contributed by atoms with E-state index in [-0.39, 0.29) is 100 Å². The molecule has 0 aliphatic carbocycles. The summed E-state index contributed by atoms with van der Waals surface area (Å²) in [7, 11) is 0. The Balaban J connectivity index is 1.94. The molecule has 0 saturated carbocycles. The van der Waals surface area contributed by atoms with E-state index < -0.39 is 145 Å². The molecule has 32 heteroatoms. The molecule has 480 valence electrons. The van der Waals surface area contributed by atoms with E-state index in [1.807, 2.05) is 0 Å². The number of benzene rings is 2. The number of hydrogen-bond donors (Lipinski definition) is 18. The third kappa shape index (κ3) is 25.4. The van der Waals surface area contributed by atoms with E-state index in [1.165, 1.54) is 53.4 Å². The van der Waals surface area contributed by atoms with Gasteiger partial charge in [-0.05, 0) is 92.2 Å². The van der Waals surface area contributed by atoms with Gasteiger partial charge in [0.2, 0.25) is 59.1 Å². The lowest BCUT2D eigenvalue weighted by Crippen LogP contribution is -2.61. The van der Waals surface area contributed by atoms with Crippen molar-refractivity contribution < 1.29 is 73.2 Å². The number of phenolic OH excluding ortho intramolecular Hbond substituents is 2. The molecule has 3 rings (SSSR count). The van der Waals surface area contributed by atoms with Crippen molar-refractivity contribution in [1.29, 1.82) is 0 Å². The molecule has 1 aliphatic heterocycles. The van der Waals surface area contributed by atoms with E-state index in [4.69, 9.17) is 34.4 Å². The van der Waals surface area contributed by atoms with Crippen molar-refractivity contribution in [3.05, 3.63) is 59.7 Å². The van der Waals surface area contributed by atoms with Gasteiger partial charge in [0.15, 0.2) is 11.9 Å². The van der Waals surface area contributed by atoms with E-state index in [1.54, 1.807) is 27.7 Å². The van der Waals surface area contributed by atoms with Crippen molar-refractivity contribution in [2.75, 3.05) is 32.8 Å². The smallest absolute Gasteiger partial charge is 0.326 e. The number of hydrogen-bond acceptors (Lipinski definition) is 17. The Bertz CT molecular complexity index is 2760. The maximum Gasteiger partial charge on any atom is 0.326 e. The number of phenols is 2. The zero-order chi connectivity index (χ0) is 65.1. The van der Waals surface area contributed by atoms with Crippen LogP contribution >= 0.6 is 0 Å². The van der Waals surface area contributed by atoms with Gasteiger partial charge in [-0.25, -0.2) is 4.79 Å². The van der Waals surface area contributed by atoms with Crippen LogP contribution in [0.1, 0.15) is 90.2 Å². The van der Waals surface area contributed by atoms with Crippen LogP contribution in [0.15, 0.2) is 58.5 Å². The first-order chi connectivity index (χ1) is 41.0. The van der Waals surface area contributed by atoms with Crippen molar-refractivity contribution in [2.45, 2.75) is 146 Å². The monoisotopic (exact) mass is 1220 g/mol. The summed E-state index contributed by atoms with van der Waals surface area (Å²) in [5.41, 5.74) is 34.0. The SMILES string of the molecule is CC(C)C[C@H](NC(=O)CNC(=O)[C@@H]1CCCN1C(=O)[C@H](CCCN=C(N)N)NC(=O)[C@H](Cc1ccc(O)cc1)NC(=O)[C@H](CCCN=C(N)N)NC(=O)[C@@H](NC(=O)[C@H](CO)NC(=O)[C@H](Cc1ccc(O)cc1)NC(=O)[C@@H](N)CC(N)=O)C(C)C)C(=O)O. The summed E-state index contributed by atoms with van der Waals surface area (Å²) < 4.78 is 0. The van der Waals surface area contributed by atoms with Gasteiger partial charge in [-0.2, -0.15) is 0 Å². The molecule has 0 spiro atoms. The van der Waals surface area contributed by atoms with Crippen LogP contribution in [0.3, 0.4) is 0 Å². The summed E-state index contributed by atoms with van der Waals surface area (Å²) in [4.78, 5) is 158. The van der Waals surface area contributed by atoms with Gasteiger partial charge < -0.3 is 102 Å². The number of likely N-dealkylation sites (tertiary alicyclic amines) is 1. The first-order valence-corrected chi connectivity index (χ1v) is 28.2. The number of primary amides is 1. The van der Waals surface area contributed by atoms with Gasteiger partial charge >= 0.3 is 5.97 Å². The van der Waals surface area contributed by atoms with Crippen LogP contribution < -0.4 is 76.9 Å². The van der Waals surface area contributed by atoms with E-state index in [0.29, 0.717) is 17.5 Å². The molecule has 0 radical (unpaired) electrons. The number of carboxylic acid groups (broad SMARTS) is 1. The molecule has 2 aromatic rings. The number of carbonyl (C=O) groups is 11. The Kier molecular flexibility index (Phi) is 29.6. The van der Waals surface area contributed by atoms with Crippen LogP contribution in [0.2, 0.25) is 0 Å². The molecule has 0 bridgehead atoms. The zero-order valence-corrected chi connectivity index (χ0v) is 49.2. The summed E-state index contributed by atoms with van der Waals surface area (Å²) in [6.45, 7) is 5.04. The Hall–Kier alpha value is -9.33. The largest absolute Gasteiger partial charge is 0.508 e. The van der Waals surface area contributed by atoms with Crippen LogP contribution in [0, 0.1) is 11.8 Å². The number of aliphatic carboxylic acids is 1. The minimum Gasteiger partial charge on any atom is -0.508 e. The van der Waals surface area contributed by atoms with Gasteiger partial charge in [-0.1, -0.05) is 52.0 Å². The van der Waals surface area contributed by atoms with Gasteiger partial charge in [0.1, 0.15) is 59.8 Å². The number of amides is 10. The molecule has 87 heavy (non-hydrogen) atoms. The fourth-order valence-electron chi connectivity index (χ4n) is 9.06. The van der Waals surface area contributed by atoms with Crippen LogP contribution in [0.4, 0.5) is 0 Å². The Morgan fingerprint density at radius 3 is 1.53 bits per heavy atom. The highest BCUT2D eigenvalue weighted by atomic mass is 16.4. The van der Waals surface area contributed by atoms with Gasteiger partial charge in [0.05, 0.1) is 25.6 Å². The number of nitrogens with one attached hydrogen (secondary N) is 8. The lowest BCUT2D eigenvalue weighted by molar-refractivity contribution is -0.143. The Morgan fingerprint density at radius 2 is 1.06 bits per heavy atom. The van der Waals surface area contributed by atoms with E-state index in [9.17, 15) is 73.2 Å². The third-order valence-electron chi connectivity index (χ3n) is 13.6. The average molecular weight is 1220 g/mol. The molecule has 0 unspecified atom stereocenters.